The quantitative estimate of drug-likeness (QED) is 0.890. The highest BCUT2D eigenvalue weighted by Crippen LogP contribution is 2.30. The zero-order valence-corrected chi connectivity index (χ0v) is 11.3. The molecule has 1 aromatic rings. The van der Waals surface area contributed by atoms with Crippen molar-refractivity contribution in [3.05, 3.63) is 35.4 Å². The molecule has 20 heavy (non-hydrogen) atoms. The molecule has 0 saturated carbocycles. The second-order valence-corrected chi connectivity index (χ2v) is 5.30. The van der Waals surface area contributed by atoms with Crippen molar-refractivity contribution in [2.24, 2.45) is 0 Å². The van der Waals surface area contributed by atoms with Gasteiger partial charge >= 0.3 is 6.18 Å². The minimum atomic E-state index is -4.38. The first-order valence-corrected chi connectivity index (χ1v) is 6.63. The van der Waals surface area contributed by atoms with Crippen molar-refractivity contribution < 1.29 is 18.3 Å². The number of benzene rings is 1. The van der Waals surface area contributed by atoms with Gasteiger partial charge in [-0.1, -0.05) is 12.1 Å². The van der Waals surface area contributed by atoms with Gasteiger partial charge in [0, 0.05) is 19.1 Å². The fourth-order valence-corrected chi connectivity index (χ4v) is 2.42. The number of likely N-dealkylation sites (tertiary alicyclic amines) is 1. The van der Waals surface area contributed by atoms with Gasteiger partial charge < -0.3 is 15.3 Å². The zero-order valence-electron chi connectivity index (χ0n) is 11.3. The fourth-order valence-electron chi connectivity index (χ4n) is 2.42. The maximum atomic E-state index is 12.6. The molecule has 0 aliphatic carbocycles. The highest BCUT2D eigenvalue weighted by molar-refractivity contribution is 5.27. The van der Waals surface area contributed by atoms with Crippen molar-refractivity contribution in [1.82, 2.24) is 10.2 Å². The van der Waals surface area contributed by atoms with E-state index < -0.39 is 17.8 Å². The maximum absolute atomic E-state index is 12.6. The first-order valence-electron chi connectivity index (χ1n) is 6.63. The van der Waals surface area contributed by atoms with Gasteiger partial charge in [0.15, 0.2) is 0 Å². The molecule has 2 rings (SSSR count). The van der Waals surface area contributed by atoms with Crippen LogP contribution in [-0.4, -0.2) is 42.7 Å². The second kappa shape index (κ2) is 6.11. The molecule has 0 spiro atoms. The van der Waals surface area contributed by atoms with Gasteiger partial charge in [-0.15, -0.1) is 0 Å². The Kier molecular flexibility index (Phi) is 4.67. The SMILES string of the molecule is CN1CCC(NCC(O)c2cccc(C(F)(F)F)c2)C1. The van der Waals surface area contributed by atoms with E-state index in [0.717, 1.165) is 31.6 Å². The zero-order chi connectivity index (χ0) is 14.8. The summed E-state index contributed by atoms with van der Waals surface area (Å²) in [4.78, 5) is 2.17. The molecule has 6 heteroatoms. The molecule has 1 fully saturated rings. The van der Waals surface area contributed by atoms with Crippen LogP contribution in [0.2, 0.25) is 0 Å². The molecule has 2 unspecified atom stereocenters. The van der Waals surface area contributed by atoms with E-state index in [0.29, 0.717) is 11.6 Å². The Morgan fingerprint density at radius 2 is 2.20 bits per heavy atom. The molecule has 0 bridgehead atoms. The molecule has 1 saturated heterocycles. The van der Waals surface area contributed by atoms with Crippen LogP contribution < -0.4 is 5.32 Å². The number of likely N-dealkylation sites (N-methyl/N-ethyl adjacent to an activating group) is 1. The summed E-state index contributed by atoms with van der Waals surface area (Å²) in [6, 6.07) is 5.15. The van der Waals surface area contributed by atoms with E-state index in [1.165, 1.54) is 12.1 Å². The lowest BCUT2D eigenvalue weighted by Crippen LogP contribution is -2.34. The van der Waals surface area contributed by atoms with Crippen LogP contribution in [-0.2, 0) is 6.18 Å². The van der Waals surface area contributed by atoms with Gasteiger partial charge in [-0.2, -0.15) is 13.2 Å². The van der Waals surface area contributed by atoms with Crippen LogP contribution in [0.25, 0.3) is 0 Å². The van der Waals surface area contributed by atoms with E-state index in [-0.39, 0.29) is 6.54 Å². The van der Waals surface area contributed by atoms with Crippen molar-refractivity contribution in [1.29, 1.82) is 0 Å². The summed E-state index contributed by atoms with van der Waals surface area (Å²) < 4.78 is 37.8. The van der Waals surface area contributed by atoms with Gasteiger partial charge in [0.25, 0.3) is 0 Å². The van der Waals surface area contributed by atoms with Gasteiger partial charge in [0.05, 0.1) is 11.7 Å². The van der Waals surface area contributed by atoms with E-state index in [1.807, 2.05) is 7.05 Å². The lowest BCUT2D eigenvalue weighted by Gasteiger charge is -2.17. The fraction of sp³-hybridized carbons (Fsp3) is 0.571. The number of halogens is 3. The van der Waals surface area contributed by atoms with E-state index >= 15 is 0 Å². The van der Waals surface area contributed by atoms with Crippen LogP contribution in [0.5, 0.6) is 0 Å². The predicted molar refractivity (Wildman–Crippen MR) is 70.3 cm³/mol. The van der Waals surface area contributed by atoms with Crippen molar-refractivity contribution >= 4 is 0 Å². The summed E-state index contributed by atoms with van der Waals surface area (Å²) >= 11 is 0. The molecule has 2 N–H and O–H groups in total. The van der Waals surface area contributed by atoms with E-state index in [1.54, 1.807) is 0 Å². The Bertz CT molecular complexity index is 450. The first kappa shape index (κ1) is 15.3. The van der Waals surface area contributed by atoms with E-state index in [4.69, 9.17) is 0 Å². The van der Waals surface area contributed by atoms with Crippen molar-refractivity contribution in [3.63, 3.8) is 0 Å². The molecule has 0 radical (unpaired) electrons. The average Bonchev–Trinajstić information content (AvgIpc) is 2.81. The summed E-state index contributed by atoms with van der Waals surface area (Å²) in [5.74, 6) is 0. The van der Waals surface area contributed by atoms with Gasteiger partial charge in [0.2, 0.25) is 0 Å². The summed E-state index contributed by atoms with van der Waals surface area (Å²) in [5.41, 5.74) is -0.437. The number of aliphatic hydroxyl groups is 1. The van der Waals surface area contributed by atoms with Crippen LogP contribution in [0.3, 0.4) is 0 Å². The molecule has 2 atom stereocenters. The Balaban J connectivity index is 1.93. The van der Waals surface area contributed by atoms with Crippen molar-refractivity contribution in [2.75, 3.05) is 26.7 Å². The normalized spacial score (nSPS) is 22.1. The molecule has 0 aromatic heterocycles. The second-order valence-electron chi connectivity index (χ2n) is 5.30. The van der Waals surface area contributed by atoms with E-state index in [2.05, 4.69) is 10.2 Å². The van der Waals surface area contributed by atoms with Gasteiger partial charge in [-0.25, -0.2) is 0 Å². The maximum Gasteiger partial charge on any atom is 0.416 e. The molecule has 1 aliphatic rings. The summed E-state index contributed by atoms with van der Waals surface area (Å²) in [7, 11) is 2.02. The standard InChI is InChI=1S/C14H19F3N2O/c1-19-6-5-12(9-19)18-8-13(20)10-3-2-4-11(7-10)14(15,16)17/h2-4,7,12-13,18,20H,5-6,8-9H2,1H3. The molecule has 3 nitrogen and oxygen atoms in total. The highest BCUT2D eigenvalue weighted by atomic mass is 19.4. The third-order valence-corrected chi connectivity index (χ3v) is 3.59. The topological polar surface area (TPSA) is 35.5 Å². The molecular weight excluding hydrogens is 269 g/mol. The smallest absolute Gasteiger partial charge is 0.387 e. The molecule has 1 aliphatic heterocycles. The minimum Gasteiger partial charge on any atom is -0.387 e. The van der Waals surface area contributed by atoms with E-state index in [9.17, 15) is 18.3 Å². The predicted octanol–water partition coefficient (Wildman–Crippen LogP) is 2.03. The lowest BCUT2D eigenvalue weighted by molar-refractivity contribution is -0.137. The average molecular weight is 288 g/mol. The number of alkyl halides is 3. The van der Waals surface area contributed by atoms with Gasteiger partial charge in [-0.3, -0.25) is 0 Å². The lowest BCUT2D eigenvalue weighted by atomic mass is 10.1. The Hall–Kier alpha value is -1.11. The molecular formula is C14H19F3N2O. The van der Waals surface area contributed by atoms with Gasteiger partial charge in [0.1, 0.15) is 0 Å². The summed E-state index contributed by atoms with van der Waals surface area (Å²) in [6.45, 7) is 2.16. The Labute approximate surface area is 116 Å². The molecule has 1 heterocycles. The Morgan fingerprint density at radius 1 is 1.45 bits per heavy atom. The number of nitrogens with one attached hydrogen (secondary N) is 1. The van der Waals surface area contributed by atoms with Crippen LogP contribution in [0.15, 0.2) is 24.3 Å². The number of hydrogen-bond acceptors (Lipinski definition) is 3. The molecule has 0 amide bonds. The molecule has 1 aromatic carbocycles. The minimum absolute atomic E-state index is 0.264. The third kappa shape index (κ3) is 3.94. The van der Waals surface area contributed by atoms with Crippen LogP contribution in [0.1, 0.15) is 23.7 Å². The number of aliphatic hydroxyl groups excluding tert-OH is 1. The van der Waals surface area contributed by atoms with Crippen molar-refractivity contribution in [3.8, 4) is 0 Å². The number of hydrogen-bond donors (Lipinski definition) is 2. The highest BCUT2D eigenvalue weighted by Gasteiger charge is 2.31. The molecule has 112 valence electrons. The Morgan fingerprint density at radius 3 is 2.80 bits per heavy atom. The first-order chi connectivity index (χ1) is 9.36. The third-order valence-electron chi connectivity index (χ3n) is 3.59. The summed E-state index contributed by atoms with van der Waals surface area (Å²) in [5, 5.41) is 13.2. The summed E-state index contributed by atoms with van der Waals surface area (Å²) in [6.07, 6.45) is -4.31. The van der Waals surface area contributed by atoms with Crippen LogP contribution in [0, 0.1) is 0 Å². The van der Waals surface area contributed by atoms with Crippen LogP contribution >= 0.6 is 0 Å². The number of nitrogens with zero attached hydrogens (tertiary/aromatic N) is 1. The van der Waals surface area contributed by atoms with Gasteiger partial charge in [-0.05, 0) is 37.7 Å². The largest absolute Gasteiger partial charge is 0.416 e. The van der Waals surface area contributed by atoms with Crippen molar-refractivity contribution in [2.45, 2.75) is 24.7 Å². The monoisotopic (exact) mass is 288 g/mol. The van der Waals surface area contributed by atoms with Crippen LogP contribution in [0.4, 0.5) is 13.2 Å². The number of rotatable bonds is 4.